The number of methoxy groups -OCH3 is 1. The van der Waals surface area contributed by atoms with Crippen molar-refractivity contribution in [1.29, 1.82) is 0 Å². The molecule has 2 N–H and O–H groups in total. The Labute approximate surface area is 182 Å². The van der Waals surface area contributed by atoms with Gasteiger partial charge in [0, 0.05) is 0 Å². The fraction of sp³-hybridized carbons (Fsp3) is 0.208. The van der Waals surface area contributed by atoms with Crippen LogP contribution in [0.4, 0.5) is 5.95 Å². The molecule has 0 saturated heterocycles. The SMILES string of the molecule is COc1nc(N)nc2c1ncn2[C@H]1C=C[C@@H]([PH](C)(c2ccccc2)c2ccccc2)C1. The second-order valence-electron chi connectivity index (χ2n) is 8.14. The number of hydrogen-bond donors (Lipinski definition) is 1. The molecule has 0 unspecified atom stereocenters. The van der Waals surface area contributed by atoms with Crippen molar-refractivity contribution in [1.82, 2.24) is 19.5 Å². The van der Waals surface area contributed by atoms with Crippen molar-refractivity contribution in [2.45, 2.75) is 18.1 Å². The molecule has 0 saturated carbocycles. The molecule has 1 aliphatic carbocycles. The Bertz CT molecular complexity index is 1200. The van der Waals surface area contributed by atoms with Crippen molar-refractivity contribution in [3.63, 3.8) is 0 Å². The normalized spacial score (nSPS) is 19.0. The summed E-state index contributed by atoms with van der Waals surface area (Å²) in [6.45, 7) is 2.48. The third-order valence-corrected chi connectivity index (χ3v) is 11.5. The summed E-state index contributed by atoms with van der Waals surface area (Å²) in [4.78, 5) is 13.1. The molecule has 2 aromatic carbocycles. The molecule has 0 radical (unpaired) electrons. The number of nitrogen functional groups attached to an aromatic ring is 1. The second-order valence-corrected chi connectivity index (χ2v) is 12.4. The van der Waals surface area contributed by atoms with E-state index in [2.05, 4.69) is 99.0 Å². The Balaban J connectivity index is 1.54. The van der Waals surface area contributed by atoms with Gasteiger partial charge in [-0.3, -0.25) is 0 Å². The van der Waals surface area contributed by atoms with Crippen molar-refractivity contribution in [3.05, 3.63) is 79.1 Å². The van der Waals surface area contributed by atoms with Crippen LogP contribution in [0, 0.1) is 0 Å². The van der Waals surface area contributed by atoms with Crippen LogP contribution in [0.25, 0.3) is 11.2 Å². The van der Waals surface area contributed by atoms with E-state index in [1.54, 1.807) is 7.11 Å². The Morgan fingerprint density at radius 2 is 1.61 bits per heavy atom. The summed E-state index contributed by atoms with van der Waals surface area (Å²) in [5.41, 5.74) is 7.72. The van der Waals surface area contributed by atoms with E-state index in [4.69, 9.17) is 10.5 Å². The minimum atomic E-state index is -2.02. The Kier molecular flexibility index (Phi) is 4.95. The van der Waals surface area contributed by atoms with Gasteiger partial charge in [-0.05, 0) is 0 Å². The average molecular weight is 431 g/mol. The molecule has 2 aromatic heterocycles. The molecule has 0 spiro atoms. The van der Waals surface area contributed by atoms with Gasteiger partial charge < -0.3 is 0 Å². The molecular weight excluding hydrogens is 405 g/mol. The van der Waals surface area contributed by atoms with Crippen molar-refractivity contribution < 1.29 is 4.74 Å². The number of hydrogen-bond acceptors (Lipinski definition) is 5. The van der Waals surface area contributed by atoms with Gasteiger partial charge in [-0.25, -0.2) is 0 Å². The van der Waals surface area contributed by atoms with Crippen LogP contribution in [0.1, 0.15) is 12.5 Å². The monoisotopic (exact) mass is 431 g/mol. The van der Waals surface area contributed by atoms with Gasteiger partial charge in [0.15, 0.2) is 0 Å². The summed E-state index contributed by atoms with van der Waals surface area (Å²) < 4.78 is 7.45. The molecule has 1 aliphatic rings. The third kappa shape index (κ3) is 3.28. The van der Waals surface area contributed by atoms with E-state index in [9.17, 15) is 0 Å². The van der Waals surface area contributed by atoms with Gasteiger partial charge in [0.05, 0.1) is 0 Å². The predicted octanol–water partition coefficient (Wildman–Crippen LogP) is 3.32. The van der Waals surface area contributed by atoms with Gasteiger partial charge in [0.2, 0.25) is 0 Å². The van der Waals surface area contributed by atoms with Crippen LogP contribution in [0.5, 0.6) is 5.88 Å². The first-order valence-electron chi connectivity index (χ1n) is 10.4. The van der Waals surface area contributed by atoms with E-state index in [1.165, 1.54) is 10.6 Å². The summed E-state index contributed by atoms with van der Waals surface area (Å²) >= 11 is 0. The van der Waals surface area contributed by atoms with Crippen LogP contribution in [-0.4, -0.2) is 39.0 Å². The number of aromatic nitrogens is 4. The summed E-state index contributed by atoms with van der Waals surface area (Å²) in [5.74, 6) is 0.602. The van der Waals surface area contributed by atoms with Crippen LogP contribution >= 0.6 is 7.26 Å². The number of nitrogens with zero attached hydrogens (tertiary/aromatic N) is 4. The molecule has 0 fully saturated rings. The number of imidazole rings is 1. The molecule has 6 nitrogen and oxygen atoms in total. The Morgan fingerprint density at radius 3 is 2.23 bits per heavy atom. The minimum absolute atomic E-state index is 0.160. The number of rotatable bonds is 5. The predicted molar refractivity (Wildman–Crippen MR) is 129 cm³/mol. The molecule has 31 heavy (non-hydrogen) atoms. The average Bonchev–Trinajstić information content (AvgIpc) is 3.46. The standard InChI is InChI=1S/C24H26N5OP/c1-30-23-21-22(27-24(25)28-23)29(16-26-21)17-13-14-20(15-17)31(2,18-9-5-3-6-10-18)19-11-7-4-8-12-19/h3-14,16-17,20,31H,15H2,1-2H3,(H2,25,27,28)/t17-,20+/m0/s1. The molecule has 0 aliphatic heterocycles. The van der Waals surface area contributed by atoms with Crippen LogP contribution in [0.15, 0.2) is 79.1 Å². The van der Waals surface area contributed by atoms with E-state index in [-0.39, 0.29) is 12.0 Å². The van der Waals surface area contributed by atoms with Crippen molar-refractivity contribution >= 4 is 35.0 Å². The number of fused-ring (bicyclic) bond motifs is 1. The molecule has 5 rings (SSSR count). The zero-order chi connectivity index (χ0) is 21.4. The van der Waals surface area contributed by atoms with Gasteiger partial charge >= 0.3 is 182 Å². The Hall–Kier alpha value is -3.24. The van der Waals surface area contributed by atoms with Gasteiger partial charge in [-0.2, -0.15) is 0 Å². The van der Waals surface area contributed by atoms with E-state index in [0.29, 0.717) is 22.7 Å². The van der Waals surface area contributed by atoms with Crippen molar-refractivity contribution in [2.75, 3.05) is 19.5 Å². The quantitative estimate of drug-likeness (QED) is 0.387. The van der Waals surface area contributed by atoms with Crippen LogP contribution in [0.3, 0.4) is 0 Å². The zero-order valence-corrected chi connectivity index (χ0v) is 18.6. The summed E-state index contributed by atoms with van der Waals surface area (Å²) in [6, 6.07) is 22.1. The van der Waals surface area contributed by atoms with E-state index in [1.807, 2.05) is 6.33 Å². The van der Waals surface area contributed by atoms with E-state index in [0.717, 1.165) is 6.42 Å². The summed E-state index contributed by atoms with van der Waals surface area (Å²) in [7, 11) is -0.450. The first kappa shape index (κ1) is 19.7. The van der Waals surface area contributed by atoms with Crippen LogP contribution in [0.2, 0.25) is 0 Å². The molecular formula is C24H26N5OP. The molecule has 158 valence electrons. The Morgan fingerprint density at radius 1 is 0.968 bits per heavy atom. The maximum absolute atomic E-state index is 5.92. The fourth-order valence-electron chi connectivity index (χ4n) is 4.77. The fourth-order valence-corrected chi connectivity index (χ4v) is 8.94. The summed E-state index contributed by atoms with van der Waals surface area (Å²) in [5, 5.41) is 2.89. The topological polar surface area (TPSA) is 78.8 Å². The second kappa shape index (κ2) is 7.78. The number of benzene rings is 2. The molecule has 2 atom stereocenters. The van der Waals surface area contributed by atoms with Gasteiger partial charge in [-0.1, -0.05) is 0 Å². The molecule has 7 heteroatoms. The maximum atomic E-state index is 5.92. The van der Waals surface area contributed by atoms with Gasteiger partial charge in [0.25, 0.3) is 0 Å². The van der Waals surface area contributed by atoms with Gasteiger partial charge in [-0.15, -0.1) is 0 Å². The first-order valence-corrected chi connectivity index (χ1v) is 13.0. The molecule has 4 aromatic rings. The molecule has 2 heterocycles. The van der Waals surface area contributed by atoms with Crippen molar-refractivity contribution in [2.24, 2.45) is 0 Å². The van der Waals surface area contributed by atoms with Crippen LogP contribution < -0.4 is 21.1 Å². The number of anilines is 1. The number of ether oxygens (including phenoxy) is 1. The number of nitrogens with two attached hydrogens (primary N) is 1. The zero-order valence-electron chi connectivity index (χ0n) is 17.6. The van der Waals surface area contributed by atoms with Crippen LogP contribution in [-0.2, 0) is 0 Å². The van der Waals surface area contributed by atoms with Gasteiger partial charge in [0.1, 0.15) is 0 Å². The summed E-state index contributed by atoms with van der Waals surface area (Å²) in [6.07, 6.45) is 7.49. The van der Waals surface area contributed by atoms with Crippen molar-refractivity contribution in [3.8, 4) is 5.88 Å². The third-order valence-electron chi connectivity index (χ3n) is 6.51. The van der Waals surface area contributed by atoms with E-state index < -0.39 is 7.26 Å². The first-order chi connectivity index (χ1) is 15.1. The number of allylic oxidation sites excluding steroid dienone is 2. The molecule has 0 amide bonds. The molecule has 0 bridgehead atoms. The van der Waals surface area contributed by atoms with E-state index >= 15 is 0 Å².